The summed E-state index contributed by atoms with van der Waals surface area (Å²) in [6.07, 6.45) is 3.63. The van der Waals surface area contributed by atoms with Crippen molar-refractivity contribution in [3.05, 3.63) is 0 Å². The molecule has 100 valence electrons. The molecule has 1 fully saturated rings. The summed E-state index contributed by atoms with van der Waals surface area (Å²) in [4.78, 5) is 4.09. The fourth-order valence-corrected chi connectivity index (χ4v) is 1.76. The molecule has 0 aromatic rings. The van der Waals surface area contributed by atoms with E-state index in [0.717, 1.165) is 51.7 Å². The normalized spacial score (nSPS) is 20.6. The molecule has 5 nitrogen and oxygen atoms in total. The Bertz CT molecular complexity index is 216. The van der Waals surface area contributed by atoms with Crippen molar-refractivity contribution in [3.8, 4) is 0 Å². The van der Waals surface area contributed by atoms with Gasteiger partial charge in [-0.3, -0.25) is 4.99 Å². The van der Waals surface area contributed by atoms with Crippen LogP contribution in [0.25, 0.3) is 0 Å². The second-order valence-corrected chi connectivity index (χ2v) is 4.09. The van der Waals surface area contributed by atoms with Gasteiger partial charge < -0.3 is 20.1 Å². The third kappa shape index (κ3) is 6.48. The van der Waals surface area contributed by atoms with E-state index >= 15 is 0 Å². The molecule has 0 saturated carbocycles. The van der Waals surface area contributed by atoms with Crippen molar-refractivity contribution in [3.63, 3.8) is 0 Å². The highest BCUT2D eigenvalue weighted by Gasteiger charge is 2.14. The van der Waals surface area contributed by atoms with Crippen molar-refractivity contribution in [1.29, 1.82) is 0 Å². The van der Waals surface area contributed by atoms with Gasteiger partial charge in [-0.25, -0.2) is 0 Å². The maximum absolute atomic E-state index is 5.57. The Morgan fingerprint density at radius 2 is 2.35 bits per heavy atom. The van der Waals surface area contributed by atoms with Crippen LogP contribution in [0.15, 0.2) is 4.99 Å². The minimum Gasteiger partial charge on any atom is -0.379 e. The number of hydrogen-bond acceptors (Lipinski definition) is 3. The molecule has 1 aliphatic rings. The first-order chi connectivity index (χ1) is 8.36. The molecule has 1 unspecified atom stereocenters. The quantitative estimate of drug-likeness (QED) is 0.394. The molecule has 1 saturated heterocycles. The second-order valence-electron chi connectivity index (χ2n) is 4.09. The van der Waals surface area contributed by atoms with E-state index in [4.69, 9.17) is 9.47 Å². The molecule has 1 heterocycles. The van der Waals surface area contributed by atoms with Crippen LogP contribution in [0.5, 0.6) is 0 Å². The average Bonchev–Trinajstić information content (AvgIpc) is 2.85. The highest BCUT2D eigenvalue weighted by molar-refractivity contribution is 5.79. The summed E-state index contributed by atoms with van der Waals surface area (Å²) in [6, 6.07) is 0. The van der Waals surface area contributed by atoms with Crippen LogP contribution in [-0.4, -0.2) is 52.0 Å². The molecule has 0 aromatic carbocycles. The van der Waals surface area contributed by atoms with Gasteiger partial charge >= 0.3 is 0 Å². The van der Waals surface area contributed by atoms with Crippen molar-refractivity contribution in [2.75, 3.05) is 40.0 Å². The third-order valence-electron chi connectivity index (χ3n) is 2.65. The zero-order valence-corrected chi connectivity index (χ0v) is 11.0. The maximum atomic E-state index is 5.57. The van der Waals surface area contributed by atoms with Gasteiger partial charge in [-0.15, -0.1) is 0 Å². The molecule has 1 atom stereocenters. The number of guanidine groups is 1. The molecule has 1 rings (SSSR count). The minimum atomic E-state index is 0.331. The number of rotatable bonds is 7. The van der Waals surface area contributed by atoms with Gasteiger partial charge in [0.2, 0.25) is 0 Å². The largest absolute Gasteiger partial charge is 0.379 e. The van der Waals surface area contributed by atoms with Crippen LogP contribution in [0.4, 0.5) is 0 Å². The van der Waals surface area contributed by atoms with Gasteiger partial charge in [-0.05, 0) is 26.2 Å². The SMILES string of the molecule is CCNC(=NC)NCCCOCC1CCCO1. The monoisotopic (exact) mass is 243 g/mol. The van der Waals surface area contributed by atoms with E-state index in [1.54, 1.807) is 7.05 Å². The predicted molar refractivity (Wildman–Crippen MR) is 69.4 cm³/mol. The van der Waals surface area contributed by atoms with Crippen molar-refractivity contribution in [2.24, 2.45) is 4.99 Å². The van der Waals surface area contributed by atoms with Crippen LogP contribution in [0.1, 0.15) is 26.2 Å². The molecule has 0 spiro atoms. The summed E-state index contributed by atoms with van der Waals surface area (Å²) < 4.78 is 11.0. The average molecular weight is 243 g/mol. The molecule has 5 heteroatoms. The first kappa shape index (κ1) is 14.3. The van der Waals surface area contributed by atoms with Gasteiger partial charge in [0.25, 0.3) is 0 Å². The summed E-state index contributed by atoms with van der Waals surface area (Å²) in [6.45, 7) is 6.23. The summed E-state index contributed by atoms with van der Waals surface area (Å²) in [7, 11) is 1.78. The lowest BCUT2D eigenvalue weighted by Crippen LogP contribution is -2.37. The minimum absolute atomic E-state index is 0.331. The summed E-state index contributed by atoms with van der Waals surface area (Å²) in [5.74, 6) is 0.853. The molecule has 17 heavy (non-hydrogen) atoms. The van der Waals surface area contributed by atoms with Crippen molar-refractivity contribution in [2.45, 2.75) is 32.3 Å². The van der Waals surface area contributed by atoms with Crippen LogP contribution in [0.2, 0.25) is 0 Å². The Labute approximate surface area is 104 Å². The van der Waals surface area contributed by atoms with Crippen LogP contribution in [0.3, 0.4) is 0 Å². The molecule has 2 N–H and O–H groups in total. The lowest BCUT2D eigenvalue weighted by molar-refractivity contribution is 0.0168. The number of ether oxygens (including phenoxy) is 2. The van der Waals surface area contributed by atoms with Crippen molar-refractivity contribution >= 4 is 5.96 Å². The lowest BCUT2D eigenvalue weighted by atomic mass is 10.2. The Hall–Kier alpha value is -0.810. The molecule has 1 aliphatic heterocycles. The van der Waals surface area contributed by atoms with E-state index < -0.39 is 0 Å². The predicted octanol–water partition coefficient (Wildman–Crippen LogP) is 0.757. The fraction of sp³-hybridized carbons (Fsp3) is 0.917. The van der Waals surface area contributed by atoms with Crippen molar-refractivity contribution < 1.29 is 9.47 Å². The molecular formula is C12H25N3O2. The Morgan fingerprint density at radius 1 is 1.47 bits per heavy atom. The lowest BCUT2D eigenvalue weighted by Gasteiger charge is -2.12. The topological polar surface area (TPSA) is 54.9 Å². The summed E-state index contributed by atoms with van der Waals surface area (Å²) in [5.41, 5.74) is 0. The standard InChI is InChI=1S/C12H25N3O2/c1-3-14-12(13-2)15-7-5-8-16-10-11-6-4-9-17-11/h11H,3-10H2,1-2H3,(H2,13,14,15). The van der Waals surface area contributed by atoms with Gasteiger partial charge in [-0.1, -0.05) is 0 Å². The smallest absolute Gasteiger partial charge is 0.190 e. The van der Waals surface area contributed by atoms with E-state index in [1.807, 2.05) is 0 Å². The maximum Gasteiger partial charge on any atom is 0.190 e. The second kappa shape index (κ2) is 9.24. The van der Waals surface area contributed by atoms with Crippen LogP contribution in [-0.2, 0) is 9.47 Å². The van der Waals surface area contributed by atoms with E-state index in [9.17, 15) is 0 Å². The van der Waals surface area contributed by atoms with E-state index in [1.165, 1.54) is 6.42 Å². The summed E-state index contributed by atoms with van der Waals surface area (Å²) in [5, 5.41) is 6.37. The fourth-order valence-electron chi connectivity index (χ4n) is 1.76. The van der Waals surface area contributed by atoms with E-state index in [-0.39, 0.29) is 0 Å². The molecule has 0 aromatic heterocycles. The number of nitrogens with zero attached hydrogens (tertiary/aromatic N) is 1. The molecule has 0 amide bonds. The van der Waals surface area contributed by atoms with Gasteiger partial charge in [0, 0.05) is 33.4 Å². The first-order valence-electron chi connectivity index (χ1n) is 6.50. The highest BCUT2D eigenvalue weighted by atomic mass is 16.5. The summed E-state index contributed by atoms with van der Waals surface area (Å²) >= 11 is 0. The van der Waals surface area contributed by atoms with E-state index in [2.05, 4.69) is 22.5 Å². The van der Waals surface area contributed by atoms with Gasteiger partial charge in [0.1, 0.15) is 0 Å². The zero-order chi connectivity index (χ0) is 12.3. The zero-order valence-electron chi connectivity index (χ0n) is 11.0. The highest BCUT2D eigenvalue weighted by Crippen LogP contribution is 2.11. The third-order valence-corrected chi connectivity index (χ3v) is 2.65. The van der Waals surface area contributed by atoms with Crippen LogP contribution in [0, 0.1) is 0 Å². The van der Waals surface area contributed by atoms with E-state index in [0.29, 0.717) is 6.10 Å². The van der Waals surface area contributed by atoms with Crippen LogP contribution >= 0.6 is 0 Å². The Balaban J connectivity index is 1.89. The number of nitrogens with one attached hydrogen (secondary N) is 2. The van der Waals surface area contributed by atoms with Gasteiger partial charge in [0.05, 0.1) is 12.7 Å². The number of aliphatic imine (C=N–C) groups is 1. The Kier molecular flexibility index (Phi) is 7.75. The van der Waals surface area contributed by atoms with Crippen molar-refractivity contribution in [1.82, 2.24) is 10.6 Å². The first-order valence-corrected chi connectivity index (χ1v) is 6.50. The molecular weight excluding hydrogens is 218 g/mol. The van der Waals surface area contributed by atoms with Crippen LogP contribution < -0.4 is 10.6 Å². The molecule has 0 radical (unpaired) electrons. The molecule has 0 bridgehead atoms. The van der Waals surface area contributed by atoms with Gasteiger partial charge in [0.15, 0.2) is 5.96 Å². The number of hydrogen-bond donors (Lipinski definition) is 2. The molecule has 0 aliphatic carbocycles. The Morgan fingerprint density at radius 3 is 3.00 bits per heavy atom. The van der Waals surface area contributed by atoms with Gasteiger partial charge in [-0.2, -0.15) is 0 Å².